The highest BCUT2D eigenvalue weighted by Crippen LogP contribution is 2.38. The van der Waals surface area contributed by atoms with Gasteiger partial charge in [0.05, 0.1) is 20.3 Å². The topological polar surface area (TPSA) is 30.5 Å². The summed E-state index contributed by atoms with van der Waals surface area (Å²) in [7, 11) is 3.23. The molecule has 0 radical (unpaired) electrons. The van der Waals surface area contributed by atoms with E-state index in [1.807, 2.05) is 18.2 Å². The minimum atomic E-state index is -0.219. The molecule has 1 aliphatic rings. The Morgan fingerprint density at radius 1 is 1.09 bits per heavy atom. The van der Waals surface area contributed by atoms with Gasteiger partial charge in [-0.1, -0.05) is 15.9 Å². The average Bonchev–Trinajstić information content (AvgIpc) is 2.55. The summed E-state index contributed by atoms with van der Waals surface area (Å²) in [6.45, 7) is 0.791. The molecule has 1 atom stereocenters. The Hall–Kier alpha value is -1.59. The van der Waals surface area contributed by atoms with Crippen molar-refractivity contribution in [1.29, 1.82) is 0 Å². The summed E-state index contributed by atoms with van der Waals surface area (Å²) in [6.07, 6.45) is 0.877. The predicted octanol–water partition coefficient (Wildman–Crippen LogP) is 3.84. The van der Waals surface area contributed by atoms with Gasteiger partial charge in [-0.15, -0.1) is 0 Å². The summed E-state index contributed by atoms with van der Waals surface area (Å²) >= 11 is 3.41. The summed E-state index contributed by atoms with van der Waals surface area (Å²) in [5, 5.41) is 3.39. The van der Waals surface area contributed by atoms with E-state index in [-0.39, 0.29) is 11.9 Å². The van der Waals surface area contributed by atoms with Crippen LogP contribution in [0.4, 0.5) is 4.39 Å². The number of methoxy groups -OCH3 is 2. The van der Waals surface area contributed by atoms with Gasteiger partial charge in [0.15, 0.2) is 11.5 Å². The van der Waals surface area contributed by atoms with Crippen LogP contribution in [0, 0.1) is 5.82 Å². The van der Waals surface area contributed by atoms with Gasteiger partial charge in [0, 0.05) is 16.6 Å². The summed E-state index contributed by atoms with van der Waals surface area (Å²) in [5.41, 5.74) is 2.81. The summed E-state index contributed by atoms with van der Waals surface area (Å²) in [6, 6.07) is 8.73. The van der Waals surface area contributed by atoms with E-state index in [1.54, 1.807) is 20.3 Å². The molecule has 3 nitrogen and oxygen atoms in total. The Bertz CT molecular complexity index is 705. The number of ether oxygens (including phenoxy) is 2. The van der Waals surface area contributed by atoms with Gasteiger partial charge in [0.25, 0.3) is 0 Å². The molecule has 0 saturated heterocycles. The van der Waals surface area contributed by atoms with Gasteiger partial charge in [0.1, 0.15) is 5.82 Å². The normalized spacial score (nSPS) is 17.0. The van der Waals surface area contributed by atoms with Crippen molar-refractivity contribution in [2.45, 2.75) is 12.5 Å². The van der Waals surface area contributed by atoms with Crippen LogP contribution in [0.15, 0.2) is 34.8 Å². The van der Waals surface area contributed by atoms with E-state index in [2.05, 4.69) is 21.2 Å². The van der Waals surface area contributed by atoms with Gasteiger partial charge in [-0.3, -0.25) is 0 Å². The molecule has 0 aromatic heterocycles. The van der Waals surface area contributed by atoms with Gasteiger partial charge in [-0.2, -0.15) is 0 Å². The first-order chi connectivity index (χ1) is 10.6. The fraction of sp³-hybridized carbons (Fsp3) is 0.294. The van der Waals surface area contributed by atoms with Crippen molar-refractivity contribution in [3.8, 4) is 11.5 Å². The fourth-order valence-electron chi connectivity index (χ4n) is 2.90. The zero-order chi connectivity index (χ0) is 15.7. The molecule has 0 fully saturated rings. The lowest BCUT2D eigenvalue weighted by molar-refractivity contribution is 0.352. The van der Waals surface area contributed by atoms with Gasteiger partial charge in [-0.25, -0.2) is 4.39 Å². The maximum absolute atomic E-state index is 14.3. The molecule has 22 heavy (non-hydrogen) atoms. The first kappa shape index (κ1) is 15.3. The van der Waals surface area contributed by atoms with Crippen LogP contribution >= 0.6 is 15.9 Å². The zero-order valence-electron chi connectivity index (χ0n) is 12.5. The lowest BCUT2D eigenvalue weighted by Gasteiger charge is -2.29. The lowest BCUT2D eigenvalue weighted by Crippen LogP contribution is -2.31. The Morgan fingerprint density at radius 2 is 1.82 bits per heavy atom. The smallest absolute Gasteiger partial charge is 0.161 e. The number of fused-ring (bicyclic) bond motifs is 1. The third-order valence-electron chi connectivity index (χ3n) is 3.97. The van der Waals surface area contributed by atoms with Crippen LogP contribution in [0.1, 0.15) is 22.7 Å². The average molecular weight is 366 g/mol. The molecule has 2 aromatic rings. The molecule has 1 heterocycles. The van der Waals surface area contributed by atoms with Gasteiger partial charge < -0.3 is 14.8 Å². The highest BCUT2D eigenvalue weighted by Gasteiger charge is 2.26. The van der Waals surface area contributed by atoms with Crippen LogP contribution in [0.25, 0.3) is 0 Å². The van der Waals surface area contributed by atoms with E-state index in [0.717, 1.165) is 28.6 Å². The molecular formula is C17H17BrFNO2. The summed E-state index contributed by atoms with van der Waals surface area (Å²) in [4.78, 5) is 0. The largest absolute Gasteiger partial charge is 0.493 e. The maximum atomic E-state index is 14.3. The molecule has 0 saturated carbocycles. The zero-order valence-corrected chi connectivity index (χ0v) is 14.0. The van der Waals surface area contributed by atoms with Crippen molar-refractivity contribution >= 4 is 15.9 Å². The van der Waals surface area contributed by atoms with Crippen molar-refractivity contribution in [2.75, 3.05) is 20.8 Å². The van der Waals surface area contributed by atoms with E-state index in [1.165, 1.54) is 6.07 Å². The molecule has 116 valence electrons. The number of halogens is 2. The van der Waals surface area contributed by atoms with Crippen LogP contribution in [0.2, 0.25) is 0 Å². The minimum Gasteiger partial charge on any atom is -0.493 e. The van der Waals surface area contributed by atoms with E-state index in [9.17, 15) is 4.39 Å². The van der Waals surface area contributed by atoms with E-state index < -0.39 is 0 Å². The lowest BCUT2D eigenvalue weighted by atomic mass is 9.89. The molecule has 3 rings (SSSR count). The summed E-state index contributed by atoms with van der Waals surface area (Å²) < 4.78 is 25.9. The second kappa shape index (κ2) is 6.26. The highest BCUT2D eigenvalue weighted by molar-refractivity contribution is 9.10. The minimum absolute atomic E-state index is 0.193. The second-order valence-corrected chi connectivity index (χ2v) is 6.12. The molecule has 0 aliphatic carbocycles. The monoisotopic (exact) mass is 365 g/mol. The standard InChI is InChI=1S/C17H17BrFNO2/c1-21-15-7-10-5-6-20-17(12(10)9-16(15)22-2)13-8-11(18)3-4-14(13)19/h3-4,7-9,17,20H,5-6H2,1-2H3/t17-/m1/s1. The fourth-order valence-corrected chi connectivity index (χ4v) is 3.28. The number of benzene rings is 2. The van der Waals surface area contributed by atoms with Gasteiger partial charge >= 0.3 is 0 Å². The van der Waals surface area contributed by atoms with E-state index >= 15 is 0 Å². The van der Waals surface area contributed by atoms with Crippen LogP contribution in [-0.4, -0.2) is 20.8 Å². The molecule has 0 spiro atoms. The van der Waals surface area contributed by atoms with Crippen LogP contribution < -0.4 is 14.8 Å². The van der Waals surface area contributed by atoms with Crippen LogP contribution in [0.5, 0.6) is 11.5 Å². The highest BCUT2D eigenvalue weighted by atomic mass is 79.9. The number of rotatable bonds is 3. The Balaban J connectivity index is 2.13. The molecular weight excluding hydrogens is 349 g/mol. The van der Waals surface area contributed by atoms with Crippen molar-refractivity contribution in [2.24, 2.45) is 0 Å². The SMILES string of the molecule is COc1cc2c(cc1OC)[C@H](c1cc(Br)ccc1F)NCC2. The molecule has 1 N–H and O–H groups in total. The number of hydrogen-bond acceptors (Lipinski definition) is 3. The first-order valence-electron chi connectivity index (χ1n) is 7.07. The molecule has 0 unspecified atom stereocenters. The Labute approximate surface area is 137 Å². The van der Waals surface area contributed by atoms with Crippen LogP contribution in [-0.2, 0) is 6.42 Å². The molecule has 0 amide bonds. The number of nitrogens with one attached hydrogen (secondary N) is 1. The molecule has 5 heteroatoms. The first-order valence-corrected chi connectivity index (χ1v) is 7.86. The molecule has 2 aromatic carbocycles. The van der Waals surface area contributed by atoms with Gasteiger partial charge in [-0.05, 0) is 47.9 Å². The third-order valence-corrected chi connectivity index (χ3v) is 4.46. The van der Waals surface area contributed by atoms with E-state index in [0.29, 0.717) is 17.1 Å². The van der Waals surface area contributed by atoms with E-state index in [4.69, 9.17) is 9.47 Å². The number of hydrogen-bond donors (Lipinski definition) is 1. The second-order valence-electron chi connectivity index (χ2n) is 5.21. The predicted molar refractivity (Wildman–Crippen MR) is 87.2 cm³/mol. The maximum Gasteiger partial charge on any atom is 0.161 e. The van der Waals surface area contributed by atoms with Gasteiger partial charge in [0.2, 0.25) is 0 Å². The Morgan fingerprint density at radius 3 is 2.55 bits per heavy atom. The summed E-state index contributed by atoms with van der Waals surface area (Å²) in [5.74, 6) is 1.14. The third kappa shape index (κ3) is 2.71. The molecule has 1 aliphatic heterocycles. The van der Waals surface area contributed by atoms with Crippen molar-refractivity contribution < 1.29 is 13.9 Å². The quantitative estimate of drug-likeness (QED) is 0.896. The molecule has 0 bridgehead atoms. The van der Waals surface area contributed by atoms with Crippen molar-refractivity contribution in [1.82, 2.24) is 5.32 Å². The Kier molecular flexibility index (Phi) is 4.36. The van der Waals surface area contributed by atoms with Crippen molar-refractivity contribution in [3.05, 3.63) is 57.3 Å². The van der Waals surface area contributed by atoms with Crippen LogP contribution in [0.3, 0.4) is 0 Å². The van der Waals surface area contributed by atoms with Crippen molar-refractivity contribution in [3.63, 3.8) is 0 Å².